The van der Waals surface area contributed by atoms with Crippen LogP contribution in [0.5, 0.6) is 11.5 Å². The van der Waals surface area contributed by atoms with Gasteiger partial charge in [0, 0.05) is 31.2 Å². The van der Waals surface area contributed by atoms with Crippen LogP contribution in [0.15, 0.2) is 18.2 Å². The van der Waals surface area contributed by atoms with Crippen LogP contribution >= 0.6 is 0 Å². The van der Waals surface area contributed by atoms with Gasteiger partial charge in [0.2, 0.25) is 10.0 Å². The lowest BCUT2D eigenvalue weighted by molar-refractivity contribution is 0.0587. The standard InChI is InChI=1S/C17H22N2O5S/c1-25(21,22)18-9-12-2-4-14(11-18)19(10-12)17(20)13-3-5-15-16(8-13)24-7-6-23-15/h3,5,8,12,14H,2,4,6-7,9-11H2,1H3/t12-,14+/m1/s1. The summed E-state index contributed by atoms with van der Waals surface area (Å²) in [6.07, 6.45) is 3.04. The monoisotopic (exact) mass is 366 g/mol. The van der Waals surface area contributed by atoms with E-state index in [0.717, 1.165) is 12.8 Å². The summed E-state index contributed by atoms with van der Waals surface area (Å²) in [6, 6.07) is 5.17. The maximum absolute atomic E-state index is 13.0. The number of sulfonamides is 1. The number of amides is 1. The number of carbonyl (C=O) groups is 1. The number of fused-ring (bicyclic) bond motifs is 5. The van der Waals surface area contributed by atoms with Gasteiger partial charge in [0.05, 0.1) is 6.26 Å². The van der Waals surface area contributed by atoms with Crippen molar-refractivity contribution < 1.29 is 22.7 Å². The van der Waals surface area contributed by atoms with Crippen LogP contribution in [0.3, 0.4) is 0 Å². The number of benzene rings is 1. The first-order valence-corrected chi connectivity index (χ1v) is 10.4. The third-order valence-corrected chi connectivity index (χ3v) is 6.44. The minimum Gasteiger partial charge on any atom is -0.486 e. The first-order valence-electron chi connectivity index (χ1n) is 8.57. The van der Waals surface area contributed by atoms with Crippen molar-refractivity contribution in [3.63, 3.8) is 0 Å². The van der Waals surface area contributed by atoms with Crippen molar-refractivity contribution >= 4 is 15.9 Å². The van der Waals surface area contributed by atoms with Gasteiger partial charge < -0.3 is 14.4 Å². The van der Waals surface area contributed by atoms with Gasteiger partial charge in [-0.3, -0.25) is 4.79 Å². The SMILES string of the molecule is CS(=O)(=O)N1C[C@H]2CC[C@@H](C1)N(C(=O)c1ccc3c(c1)OCCO3)C2. The molecule has 7 nitrogen and oxygen atoms in total. The number of piperidine rings is 1. The van der Waals surface area contributed by atoms with Crippen LogP contribution in [-0.2, 0) is 10.0 Å². The van der Waals surface area contributed by atoms with Crippen molar-refractivity contribution in [1.29, 1.82) is 0 Å². The van der Waals surface area contributed by atoms with E-state index in [1.807, 2.05) is 4.90 Å². The van der Waals surface area contributed by atoms with Crippen molar-refractivity contribution in [2.24, 2.45) is 5.92 Å². The van der Waals surface area contributed by atoms with E-state index in [-0.39, 0.29) is 17.9 Å². The molecule has 0 unspecified atom stereocenters. The Kier molecular flexibility index (Phi) is 4.11. The molecule has 4 aliphatic rings. The first-order chi connectivity index (χ1) is 11.9. The van der Waals surface area contributed by atoms with Gasteiger partial charge in [0.1, 0.15) is 13.2 Å². The van der Waals surface area contributed by atoms with Crippen LogP contribution in [0.1, 0.15) is 23.2 Å². The van der Waals surface area contributed by atoms with Gasteiger partial charge in [-0.25, -0.2) is 8.42 Å². The number of rotatable bonds is 2. The fourth-order valence-corrected chi connectivity index (χ4v) is 4.83. The molecule has 136 valence electrons. The van der Waals surface area contributed by atoms with E-state index in [0.29, 0.717) is 49.9 Å². The summed E-state index contributed by atoms with van der Waals surface area (Å²) in [5.41, 5.74) is 0.558. The zero-order valence-electron chi connectivity index (χ0n) is 14.2. The third-order valence-electron chi connectivity index (χ3n) is 5.20. The molecule has 0 N–H and O–H groups in total. The lowest BCUT2D eigenvalue weighted by Crippen LogP contribution is -2.47. The largest absolute Gasteiger partial charge is 0.486 e. The first kappa shape index (κ1) is 16.7. The molecule has 5 rings (SSSR count). The van der Waals surface area contributed by atoms with Gasteiger partial charge in [-0.15, -0.1) is 0 Å². The lowest BCUT2D eigenvalue weighted by atomic mass is 9.94. The Balaban J connectivity index is 1.58. The summed E-state index contributed by atoms with van der Waals surface area (Å²) in [6.45, 7) is 2.47. The Hall–Kier alpha value is -1.80. The number of nitrogens with zero attached hydrogens (tertiary/aromatic N) is 2. The molecule has 0 aliphatic carbocycles. The van der Waals surface area contributed by atoms with Crippen LogP contribution < -0.4 is 9.47 Å². The summed E-state index contributed by atoms with van der Waals surface area (Å²) >= 11 is 0. The quantitative estimate of drug-likeness (QED) is 0.779. The van der Waals surface area contributed by atoms with Gasteiger partial charge in [0.25, 0.3) is 5.91 Å². The van der Waals surface area contributed by atoms with Gasteiger partial charge >= 0.3 is 0 Å². The molecular weight excluding hydrogens is 344 g/mol. The molecule has 1 amide bonds. The molecule has 1 aromatic carbocycles. The van der Waals surface area contributed by atoms with E-state index in [1.165, 1.54) is 10.6 Å². The molecule has 0 aromatic heterocycles. The summed E-state index contributed by atoms with van der Waals surface area (Å²) in [4.78, 5) is 14.9. The Morgan fingerprint density at radius 1 is 1.08 bits per heavy atom. The third kappa shape index (κ3) is 3.20. The molecular formula is C17H22N2O5S. The molecule has 0 radical (unpaired) electrons. The maximum atomic E-state index is 13.0. The minimum absolute atomic E-state index is 0.0676. The highest BCUT2D eigenvalue weighted by atomic mass is 32.2. The smallest absolute Gasteiger partial charge is 0.254 e. The zero-order valence-corrected chi connectivity index (χ0v) is 15.0. The van der Waals surface area contributed by atoms with Gasteiger partial charge in [-0.1, -0.05) is 0 Å². The average molecular weight is 366 g/mol. The molecule has 1 aromatic rings. The van der Waals surface area contributed by atoms with Crippen LogP contribution in [0, 0.1) is 5.92 Å². The molecule has 25 heavy (non-hydrogen) atoms. The number of hydrogen-bond acceptors (Lipinski definition) is 5. The molecule has 8 heteroatoms. The Labute approximate surface area is 147 Å². The molecule has 4 heterocycles. The van der Waals surface area contributed by atoms with Crippen LogP contribution in [0.4, 0.5) is 0 Å². The van der Waals surface area contributed by atoms with Crippen molar-refractivity contribution in [2.45, 2.75) is 18.9 Å². The van der Waals surface area contributed by atoms with Crippen molar-refractivity contribution in [2.75, 3.05) is 39.1 Å². The van der Waals surface area contributed by atoms with E-state index in [2.05, 4.69) is 0 Å². The van der Waals surface area contributed by atoms with Crippen molar-refractivity contribution in [1.82, 2.24) is 9.21 Å². The second-order valence-corrected chi connectivity index (χ2v) is 8.98. The fraction of sp³-hybridized carbons (Fsp3) is 0.588. The van der Waals surface area contributed by atoms with E-state index < -0.39 is 10.0 Å². The summed E-state index contributed by atoms with van der Waals surface area (Å²) < 4.78 is 36.5. The normalized spacial score (nSPS) is 26.4. The average Bonchev–Trinajstić information content (AvgIpc) is 2.93. The predicted molar refractivity (Wildman–Crippen MR) is 91.4 cm³/mol. The number of ether oxygens (including phenoxy) is 2. The second-order valence-electron chi connectivity index (χ2n) is 6.99. The van der Waals surface area contributed by atoms with E-state index in [4.69, 9.17) is 9.47 Å². The molecule has 2 bridgehead atoms. The predicted octanol–water partition coefficient (Wildman–Crippen LogP) is 0.954. The maximum Gasteiger partial charge on any atom is 0.254 e. The van der Waals surface area contributed by atoms with Crippen LogP contribution in [0.25, 0.3) is 0 Å². The Bertz CT molecular complexity index is 794. The minimum atomic E-state index is -3.24. The fourth-order valence-electron chi connectivity index (χ4n) is 3.90. The summed E-state index contributed by atoms with van der Waals surface area (Å²) in [5, 5.41) is 0. The number of hydrogen-bond donors (Lipinski definition) is 0. The summed E-state index contributed by atoms with van der Waals surface area (Å²) in [5.74, 6) is 1.37. The van der Waals surface area contributed by atoms with Crippen LogP contribution in [0.2, 0.25) is 0 Å². The summed E-state index contributed by atoms with van der Waals surface area (Å²) in [7, 11) is -3.24. The zero-order chi connectivity index (χ0) is 17.6. The van der Waals surface area contributed by atoms with Crippen molar-refractivity contribution in [3.05, 3.63) is 23.8 Å². The molecule has 0 spiro atoms. The van der Waals surface area contributed by atoms with E-state index >= 15 is 0 Å². The lowest BCUT2D eigenvalue weighted by Gasteiger charge is -2.36. The molecule has 0 saturated carbocycles. The highest BCUT2D eigenvalue weighted by Gasteiger charge is 2.40. The molecule has 3 fully saturated rings. The molecule has 4 aliphatic heterocycles. The van der Waals surface area contributed by atoms with Gasteiger partial charge in [-0.2, -0.15) is 4.31 Å². The second kappa shape index (κ2) is 6.17. The topological polar surface area (TPSA) is 76.2 Å². The molecule has 3 saturated heterocycles. The van der Waals surface area contributed by atoms with Crippen molar-refractivity contribution in [3.8, 4) is 11.5 Å². The van der Waals surface area contributed by atoms with E-state index in [1.54, 1.807) is 18.2 Å². The van der Waals surface area contributed by atoms with Crippen LogP contribution in [-0.4, -0.2) is 68.7 Å². The Morgan fingerprint density at radius 2 is 1.84 bits per heavy atom. The Morgan fingerprint density at radius 3 is 2.60 bits per heavy atom. The number of carbonyl (C=O) groups excluding carboxylic acids is 1. The van der Waals surface area contributed by atoms with Gasteiger partial charge in [0.15, 0.2) is 11.5 Å². The van der Waals surface area contributed by atoms with Gasteiger partial charge in [-0.05, 0) is 37.0 Å². The highest BCUT2D eigenvalue weighted by Crippen LogP contribution is 2.34. The van der Waals surface area contributed by atoms with E-state index in [9.17, 15) is 13.2 Å². The highest BCUT2D eigenvalue weighted by molar-refractivity contribution is 7.88. The molecule has 2 atom stereocenters.